The Morgan fingerprint density at radius 2 is 2.20 bits per heavy atom. The maximum absolute atomic E-state index is 5.31. The SMILES string of the molecule is CCNC(=NCC1(C)COC1)N1CCc2ccccc21. The van der Waals surface area contributed by atoms with E-state index in [0.29, 0.717) is 0 Å². The Balaban J connectivity index is 1.79. The molecule has 0 radical (unpaired) electrons. The number of aliphatic imine (C=N–C) groups is 1. The van der Waals surface area contributed by atoms with Gasteiger partial charge in [-0.2, -0.15) is 0 Å². The lowest BCUT2D eigenvalue weighted by molar-refractivity contribution is -0.0945. The first kappa shape index (κ1) is 13.4. The molecule has 0 atom stereocenters. The number of nitrogens with zero attached hydrogens (tertiary/aromatic N) is 2. The van der Waals surface area contributed by atoms with Crippen molar-refractivity contribution >= 4 is 11.6 Å². The van der Waals surface area contributed by atoms with E-state index >= 15 is 0 Å². The predicted molar refractivity (Wildman–Crippen MR) is 82.4 cm³/mol. The standard InChI is InChI=1S/C16H23N3O/c1-3-17-15(18-10-16(2)11-20-12-16)19-9-8-13-6-4-5-7-14(13)19/h4-7H,3,8-12H2,1-2H3,(H,17,18). The largest absolute Gasteiger partial charge is 0.380 e. The van der Waals surface area contributed by atoms with Crippen molar-refractivity contribution in [3.63, 3.8) is 0 Å². The maximum atomic E-state index is 5.31. The summed E-state index contributed by atoms with van der Waals surface area (Å²) in [5.41, 5.74) is 2.93. The molecule has 2 heterocycles. The summed E-state index contributed by atoms with van der Waals surface area (Å²) in [5, 5.41) is 3.42. The molecule has 2 aliphatic rings. The van der Waals surface area contributed by atoms with Gasteiger partial charge in [-0.05, 0) is 25.0 Å². The third-order valence-electron chi connectivity index (χ3n) is 3.99. The Kier molecular flexibility index (Phi) is 3.66. The Morgan fingerprint density at radius 3 is 2.90 bits per heavy atom. The molecule has 0 saturated carbocycles. The van der Waals surface area contributed by atoms with Crippen molar-refractivity contribution in [2.24, 2.45) is 10.4 Å². The number of anilines is 1. The van der Waals surface area contributed by atoms with Crippen molar-refractivity contribution in [3.8, 4) is 0 Å². The highest BCUT2D eigenvalue weighted by atomic mass is 16.5. The fourth-order valence-corrected chi connectivity index (χ4v) is 2.76. The Hall–Kier alpha value is -1.55. The molecule has 0 aliphatic carbocycles. The molecule has 4 nitrogen and oxygen atoms in total. The lowest BCUT2D eigenvalue weighted by Crippen LogP contribution is -2.45. The second kappa shape index (κ2) is 5.44. The van der Waals surface area contributed by atoms with Crippen molar-refractivity contribution in [2.45, 2.75) is 20.3 Å². The summed E-state index contributed by atoms with van der Waals surface area (Å²) >= 11 is 0. The first-order valence-electron chi connectivity index (χ1n) is 7.43. The second-order valence-electron chi connectivity index (χ2n) is 6.00. The molecule has 1 N–H and O–H groups in total. The quantitative estimate of drug-likeness (QED) is 0.676. The minimum Gasteiger partial charge on any atom is -0.380 e. The molecule has 3 rings (SSSR count). The van der Waals surface area contributed by atoms with Crippen LogP contribution in [0.15, 0.2) is 29.3 Å². The van der Waals surface area contributed by atoms with Gasteiger partial charge in [0.15, 0.2) is 5.96 Å². The summed E-state index contributed by atoms with van der Waals surface area (Å²) in [7, 11) is 0. The summed E-state index contributed by atoms with van der Waals surface area (Å²) in [4.78, 5) is 7.15. The molecule has 1 saturated heterocycles. The van der Waals surface area contributed by atoms with Crippen molar-refractivity contribution in [1.82, 2.24) is 5.32 Å². The second-order valence-corrected chi connectivity index (χ2v) is 6.00. The Bertz CT molecular complexity index is 508. The van der Waals surface area contributed by atoms with Crippen LogP contribution >= 0.6 is 0 Å². The fraction of sp³-hybridized carbons (Fsp3) is 0.562. The number of hydrogen-bond donors (Lipinski definition) is 1. The number of hydrogen-bond acceptors (Lipinski definition) is 2. The van der Waals surface area contributed by atoms with E-state index in [9.17, 15) is 0 Å². The lowest BCUT2D eigenvalue weighted by atomic mass is 9.89. The molecule has 0 bridgehead atoms. The van der Waals surface area contributed by atoms with Crippen LogP contribution in [0, 0.1) is 5.41 Å². The Labute approximate surface area is 120 Å². The molecule has 2 aliphatic heterocycles. The molecular formula is C16H23N3O. The topological polar surface area (TPSA) is 36.9 Å². The van der Waals surface area contributed by atoms with Crippen LogP contribution < -0.4 is 10.2 Å². The highest BCUT2D eigenvalue weighted by molar-refractivity contribution is 5.97. The average molecular weight is 273 g/mol. The zero-order valence-corrected chi connectivity index (χ0v) is 12.4. The van der Waals surface area contributed by atoms with Crippen molar-refractivity contribution in [1.29, 1.82) is 0 Å². The van der Waals surface area contributed by atoms with Crippen LogP contribution in [-0.2, 0) is 11.2 Å². The van der Waals surface area contributed by atoms with Gasteiger partial charge in [-0.25, -0.2) is 0 Å². The summed E-state index contributed by atoms with van der Waals surface area (Å²) in [5.74, 6) is 1.01. The molecule has 1 aromatic rings. The highest BCUT2D eigenvalue weighted by Crippen LogP contribution is 2.29. The van der Waals surface area contributed by atoms with Gasteiger partial charge in [-0.3, -0.25) is 4.99 Å². The number of para-hydroxylation sites is 1. The summed E-state index contributed by atoms with van der Waals surface area (Å²) in [6.07, 6.45) is 1.10. The van der Waals surface area contributed by atoms with Crippen LogP contribution in [-0.4, -0.2) is 38.8 Å². The van der Waals surface area contributed by atoms with Crippen LogP contribution in [0.5, 0.6) is 0 Å². The average Bonchev–Trinajstić information content (AvgIpc) is 2.85. The van der Waals surface area contributed by atoms with E-state index in [4.69, 9.17) is 9.73 Å². The Morgan fingerprint density at radius 1 is 1.40 bits per heavy atom. The molecule has 0 aromatic heterocycles. The van der Waals surface area contributed by atoms with Crippen LogP contribution in [0.25, 0.3) is 0 Å². The summed E-state index contributed by atoms with van der Waals surface area (Å²) in [6.45, 7) is 8.74. The van der Waals surface area contributed by atoms with Gasteiger partial charge in [0.2, 0.25) is 0 Å². The molecule has 1 fully saturated rings. The zero-order chi connectivity index (χ0) is 14.0. The third kappa shape index (κ3) is 2.52. The molecule has 20 heavy (non-hydrogen) atoms. The third-order valence-corrected chi connectivity index (χ3v) is 3.99. The van der Waals surface area contributed by atoms with Gasteiger partial charge < -0.3 is 15.0 Å². The van der Waals surface area contributed by atoms with Crippen LogP contribution in [0.3, 0.4) is 0 Å². The van der Waals surface area contributed by atoms with Crippen LogP contribution in [0.1, 0.15) is 19.4 Å². The van der Waals surface area contributed by atoms with E-state index in [1.54, 1.807) is 0 Å². The first-order chi connectivity index (χ1) is 9.72. The molecule has 4 heteroatoms. The minimum absolute atomic E-state index is 0.222. The van der Waals surface area contributed by atoms with E-state index in [2.05, 4.69) is 48.3 Å². The first-order valence-corrected chi connectivity index (χ1v) is 7.43. The number of benzene rings is 1. The fourth-order valence-electron chi connectivity index (χ4n) is 2.76. The molecule has 0 amide bonds. The number of nitrogens with one attached hydrogen (secondary N) is 1. The molecule has 0 unspecified atom stereocenters. The van der Waals surface area contributed by atoms with Gasteiger partial charge in [0.25, 0.3) is 0 Å². The maximum Gasteiger partial charge on any atom is 0.198 e. The van der Waals surface area contributed by atoms with E-state index in [1.165, 1.54) is 11.3 Å². The van der Waals surface area contributed by atoms with Gasteiger partial charge in [0.05, 0.1) is 19.8 Å². The van der Waals surface area contributed by atoms with Crippen LogP contribution in [0.4, 0.5) is 5.69 Å². The number of guanidine groups is 1. The number of fused-ring (bicyclic) bond motifs is 1. The molecular weight excluding hydrogens is 250 g/mol. The van der Waals surface area contributed by atoms with Gasteiger partial charge in [-0.15, -0.1) is 0 Å². The summed E-state index contributed by atoms with van der Waals surface area (Å²) < 4.78 is 5.31. The normalized spacial score (nSPS) is 20.5. The molecule has 108 valence electrons. The van der Waals surface area contributed by atoms with E-state index in [-0.39, 0.29) is 5.41 Å². The van der Waals surface area contributed by atoms with Gasteiger partial charge in [0, 0.05) is 24.2 Å². The van der Waals surface area contributed by atoms with E-state index in [0.717, 1.165) is 45.2 Å². The molecule has 0 spiro atoms. The van der Waals surface area contributed by atoms with E-state index in [1.807, 2.05) is 0 Å². The van der Waals surface area contributed by atoms with Crippen molar-refractivity contribution < 1.29 is 4.74 Å². The van der Waals surface area contributed by atoms with Gasteiger partial charge >= 0.3 is 0 Å². The number of rotatable bonds is 3. The number of ether oxygens (including phenoxy) is 1. The smallest absolute Gasteiger partial charge is 0.198 e. The summed E-state index contributed by atoms with van der Waals surface area (Å²) in [6, 6.07) is 8.60. The molecule has 1 aromatic carbocycles. The van der Waals surface area contributed by atoms with E-state index < -0.39 is 0 Å². The highest BCUT2D eigenvalue weighted by Gasteiger charge is 2.33. The van der Waals surface area contributed by atoms with Gasteiger partial charge in [0.1, 0.15) is 0 Å². The van der Waals surface area contributed by atoms with Crippen LogP contribution in [0.2, 0.25) is 0 Å². The van der Waals surface area contributed by atoms with Crippen molar-refractivity contribution in [3.05, 3.63) is 29.8 Å². The van der Waals surface area contributed by atoms with Crippen molar-refractivity contribution in [2.75, 3.05) is 37.7 Å². The predicted octanol–water partition coefficient (Wildman–Crippen LogP) is 2.05. The monoisotopic (exact) mass is 273 g/mol. The van der Waals surface area contributed by atoms with Gasteiger partial charge in [-0.1, -0.05) is 25.1 Å². The minimum atomic E-state index is 0.222. The zero-order valence-electron chi connectivity index (χ0n) is 12.4. The lowest BCUT2D eigenvalue weighted by Gasteiger charge is -2.37.